The van der Waals surface area contributed by atoms with Crippen molar-refractivity contribution in [3.8, 4) is 0 Å². The van der Waals surface area contributed by atoms with Crippen LogP contribution in [0.25, 0.3) is 0 Å². The average Bonchev–Trinajstić information content (AvgIpc) is 2.91. The maximum absolute atomic E-state index is 13.3. The molecule has 0 saturated heterocycles. The zero-order valence-electron chi connectivity index (χ0n) is 26.2. The number of anilines is 1. The Balaban J connectivity index is 2.34. The number of rotatable bonds is 13. The van der Waals surface area contributed by atoms with Gasteiger partial charge in [0.15, 0.2) is 0 Å². The second-order valence-corrected chi connectivity index (χ2v) is 13.6. The molecule has 0 spiro atoms. The van der Waals surface area contributed by atoms with Crippen LogP contribution in [0.15, 0.2) is 36.4 Å². The van der Waals surface area contributed by atoms with Gasteiger partial charge in [0.1, 0.15) is 6.35 Å². The fourth-order valence-corrected chi connectivity index (χ4v) is 4.50. The largest absolute Gasteiger partial charge is 0.478 e. The molecule has 0 aliphatic carbocycles. The van der Waals surface area contributed by atoms with Crippen LogP contribution in [0.4, 0.5) is 5.69 Å². The molecule has 0 aliphatic rings. The van der Waals surface area contributed by atoms with Crippen molar-refractivity contribution in [2.45, 2.75) is 91.7 Å². The zero-order chi connectivity index (χ0) is 31.9. The maximum Gasteiger partial charge on any atom is 0.338 e. The fraction of sp³-hybridized carbons (Fsp3) is 0.500. The summed E-state index contributed by atoms with van der Waals surface area (Å²) in [6.07, 6.45) is 2.13. The van der Waals surface area contributed by atoms with Crippen LogP contribution in [0.5, 0.6) is 0 Å². The number of nitrogens with one attached hydrogen (secondary N) is 2. The molecule has 0 aliphatic heterocycles. The summed E-state index contributed by atoms with van der Waals surface area (Å²) in [6, 6.07) is 8.98. The number of amides is 2. The average molecular weight is 601 g/mol. The highest BCUT2D eigenvalue weighted by atomic mass is 31.1. The van der Waals surface area contributed by atoms with Crippen LogP contribution in [0.2, 0.25) is 0 Å². The minimum atomic E-state index is -1.34. The Labute approximate surface area is 250 Å². The molecule has 2 rings (SSSR count). The van der Waals surface area contributed by atoms with Crippen molar-refractivity contribution in [2.75, 3.05) is 18.0 Å². The van der Waals surface area contributed by atoms with Crippen molar-refractivity contribution in [1.82, 2.24) is 5.32 Å². The molecule has 2 amide bonds. The van der Waals surface area contributed by atoms with Gasteiger partial charge >= 0.3 is 11.9 Å². The number of carbonyl (C=O) groups excluding carboxylic acids is 3. The first-order valence-corrected chi connectivity index (χ1v) is 15.5. The van der Waals surface area contributed by atoms with E-state index in [1.165, 1.54) is 24.3 Å². The third-order valence-corrected chi connectivity index (χ3v) is 7.79. The highest BCUT2D eigenvalue weighted by molar-refractivity contribution is 7.37. The molecule has 9 nitrogen and oxygen atoms in total. The lowest BCUT2D eigenvalue weighted by Crippen LogP contribution is -2.42. The van der Waals surface area contributed by atoms with Crippen molar-refractivity contribution in [1.29, 1.82) is 0 Å². The third-order valence-electron chi connectivity index (χ3n) is 7.10. The van der Waals surface area contributed by atoms with Gasteiger partial charge in [-0.3, -0.25) is 9.59 Å². The van der Waals surface area contributed by atoms with Crippen molar-refractivity contribution < 1.29 is 33.8 Å². The van der Waals surface area contributed by atoms with Gasteiger partial charge in [-0.2, -0.15) is 0 Å². The van der Waals surface area contributed by atoms with Gasteiger partial charge < -0.3 is 25.2 Å². The van der Waals surface area contributed by atoms with Gasteiger partial charge in [0.2, 0.25) is 0 Å². The standard InChI is InChI=1S/C32H45N2O7P/c1-10-31(6,7)22-14-21(29(39)40-18-42-19-41-30(3,4)5)15-23(17-22)33-27(36)24-13-12-20(16-25(24)28(37)38)26(35)34-32(8,9)11-2/h12-17,42H,10-11,18-19H2,1-9H3,(H,33,36)(H,34,35)(H,37,38). The minimum absolute atomic E-state index is 0.113. The molecule has 42 heavy (non-hydrogen) atoms. The maximum atomic E-state index is 13.3. The lowest BCUT2D eigenvalue weighted by atomic mass is 9.81. The van der Waals surface area contributed by atoms with Crippen LogP contribution >= 0.6 is 8.58 Å². The van der Waals surface area contributed by atoms with E-state index in [0.717, 1.165) is 12.0 Å². The molecular weight excluding hydrogens is 555 g/mol. The number of carboxylic acids is 1. The van der Waals surface area contributed by atoms with Gasteiger partial charge in [0.05, 0.1) is 28.6 Å². The van der Waals surface area contributed by atoms with Crippen LogP contribution < -0.4 is 10.6 Å². The highest BCUT2D eigenvalue weighted by Gasteiger charge is 2.25. The predicted molar refractivity (Wildman–Crippen MR) is 167 cm³/mol. The number of hydrogen-bond donors (Lipinski definition) is 3. The molecule has 2 aromatic carbocycles. The monoisotopic (exact) mass is 600 g/mol. The van der Waals surface area contributed by atoms with Crippen LogP contribution in [0.3, 0.4) is 0 Å². The van der Waals surface area contributed by atoms with E-state index >= 15 is 0 Å². The Kier molecular flexibility index (Phi) is 11.8. The molecule has 230 valence electrons. The van der Waals surface area contributed by atoms with E-state index in [9.17, 15) is 24.3 Å². The quantitative estimate of drug-likeness (QED) is 0.131. The number of hydrogen-bond acceptors (Lipinski definition) is 6. The fourth-order valence-electron chi connectivity index (χ4n) is 3.65. The van der Waals surface area contributed by atoms with Gasteiger partial charge in [-0.15, -0.1) is 0 Å². The normalized spacial score (nSPS) is 12.3. The lowest BCUT2D eigenvalue weighted by Gasteiger charge is -2.25. The Morgan fingerprint density at radius 1 is 0.810 bits per heavy atom. The molecule has 3 N–H and O–H groups in total. The second-order valence-electron chi connectivity index (χ2n) is 12.5. The summed E-state index contributed by atoms with van der Waals surface area (Å²) < 4.78 is 11.2. The summed E-state index contributed by atoms with van der Waals surface area (Å²) >= 11 is 0. The zero-order valence-corrected chi connectivity index (χ0v) is 27.2. The Hall–Kier alpha value is -3.29. The minimum Gasteiger partial charge on any atom is -0.478 e. The molecule has 1 unspecified atom stereocenters. The summed E-state index contributed by atoms with van der Waals surface area (Å²) in [7, 11) is 0.275. The number of aromatic carboxylic acids is 1. The van der Waals surface area contributed by atoms with E-state index < -0.39 is 29.3 Å². The molecule has 0 saturated carbocycles. The van der Waals surface area contributed by atoms with Crippen LogP contribution in [-0.2, 0) is 14.9 Å². The lowest BCUT2D eigenvalue weighted by molar-refractivity contribution is 0.0265. The first kappa shape index (κ1) is 34.9. The van der Waals surface area contributed by atoms with E-state index in [4.69, 9.17) is 9.47 Å². The summed E-state index contributed by atoms with van der Waals surface area (Å²) in [5.41, 5.74) is 0.0634. The Morgan fingerprint density at radius 2 is 1.48 bits per heavy atom. The highest BCUT2D eigenvalue weighted by Crippen LogP contribution is 2.31. The van der Waals surface area contributed by atoms with Gasteiger partial charge in [0, 0.05) is 16.8 Å². The predicted octanol–water partition coefficient (Wildman–Crippen LogP) is 6.81. The van der Waals surface area contributed by atoms with Crippen LogP contribution in [0.1, 0.15) is 122 Å². The molecule has 0 bridgehead atoms. The molecule has 0 fully saturated rings. The summed E-state index contributed by atoms with van der Waals surface area (Å²) in [5, 5.41) is 15.5. The van der Waals surface area contributed by atoms with Crippen molar-refractivity contribution in [3.63, 3.8) is 0 Å². The third kappa shape index (κ3) is 10.2. The molecule has 2 aromatic rings. The van der Waals surface area contributed by atoms with Crippen LogP contribution in [0, 0.1) is 0 Å². The first-order valence-electron chi connectivity index (χ1n) is 14.1. The van der Waals surface area contributed by atoms with E-state index in [-0.39, 0.29) is 48.2 Å². The van der Waals surface area contributed by atoms with Gasteiger partial charge in [-0.25, -0.2) is 9.59 Å². The molecule has 0 radical (unpaired) electrons. The van der Waals surface area contributed by atoms with E-state index in [2.05, 4.69) is 10.6 Å². The molecular formula is C32H45N2O7P. The number of ether oxygens (including phenoxy) is 2. The molecule has 1 atom stereocenters. The van der Waals surface area contributed by atoms with Crippen molar-refractivity contribution in [2.24, 2.45) is 0 Å². The van der Waals surface area contributed by atoms with E-state index in [0.29, 0.717) is 18.5 Å². The number of esters is 1. The molecule has 10 heteroatoms. The van der Waals surface area contributed by atoms with Gasteiger partial charge in [-0.1, -0.05) is 36.3 Å². The van der Waals surface area contributed by atoms with Crippen molar-refractivity contribution in [3.05, 3.63) is 64.2 Å². The summed E-state index contributed by atoms with van der Waals surface area (Å²) in [4.78, 5) is 51.1. The van der Waals surface area contributed by atoms with E-state index in [1.54, 1.807) is 12.1 Å². The summed E-state index contributed by atoms with van der Waals surface area (Å²) in [5.74, 6) is -2.98. The number of carboxylic acid groups (broad SMARTS) is 1. The number of benzene rings is 2. The SMILES string of the molecule is CCC(C)(C)NC(=O)c1ccc(C(=O)Nc2cc(C(=O)OCPCOC(C)(C)C)cc(C(C)(C)CC)c2)c(C(=O)O)c1. The summed E-state index contributed by atoms with van der Waals surface area (Å²) in [6.45, 7) is 17.6. The number of carbonyl (C=O) groups is 4. The smallest absolute Gasteiger partial charge is 0.338 e. The van der Waals surface area contributed by atoms with Gasteiger partial charge in [0.25, 0.3) is 11.8 Å². The second kappa shape index (κ2) is 14.3. The van der Waals surface area contributed by atoms with Gasteiger partial charge in [-0.05, 0) is 94.8 Å². The topological polar surface area (TPSA) is 131 Å². The first-order chi connectivity index (χ1) is 19.4. The van der Waals surface area contributed by atoms with E-state index in [1.807, 2.05) is 62.3 Å². The Morgan fingerprint density at radius 3 is 2.05 bits per heavy atom. The molecule has 0 heterocycles. The van der Waals surface area contributed by atoms with Crippen LogP contribution in [-0.4, -0.2) is 52.7 Å². The molecule has 0 aromatic heterocycles. The Bertz CT molecular complexity index is 1310. The van der Waals surface area contributed by atoms with Crippen molar-refractivity contribution >= 4 is 38.0 Å².